The summed E-state index contributed by atoms with van der Waals surface area (Å²) >= 11 is 3.21. The van der Waals surface area contributed by atoms with Gasteiger partial charge in [-0.3, -0.25) is 4.79 Å². The number of benzene rings is 2. The Morgan fingerprint density at radius 1 is 1.26 bits per heavy atom. The average molecular weight is 323 g/mol. The Balaban J connectivity index is 2.23. The van der Waals surface area contributed by atoms with Gasteiger partial charge in [-0.25, -0.2) is 4.39 Å². The zero-order valence-electron chi connectivity index (χ0n) is 9.99. The van der Waals surface area contributed by atoms with Crippen LogP contribution >= 0.6 is 15.9 Å². The number of carbonyl (C=O) groups is 1. The van der Waals surface area contributed by atoms with Gasteiger partial charge in [0, 0.05) is 16.7 Å². The van der Waals surface area contributed by atoms with Gasteiger partial charge < -0.3 is 11.1 Å². The number of hydrogen-bond donors (Lipinski definition) is 2. The third kappa shape index (κ3) is 3.39. The molecule has 0 atom stereocenters. The lowest BCUT2D eigenvalue weighted by Crippen LogP contribution is -2.14. The van der Waals surface area contributed by atoms with Crippen molar-refractivity contribution in [1.29, 1.82) is 0 Å². The van der Waals surface area contributed by atoms with E-state index in [-0.39, 0.29) is 5.56 Å². The monoisotopic (exact) mass is 322 g/mol. The number of amides is 1. The maximum atomic E-state index is 13.6. The highest BCUT2D eigenvalue weighted by molar-refractivity contribution is 9.10. The fourth-order valence-electron chi connectivity index (χ4n) is 1.65. The van der Waals surface area contributed by atoms with Gasteiger partial charge in [-0.05, 0) is 35.9 Å². The third-order valence-corrected chi connectivity index (χ3v) is 3.09. The van der Waals surface area contributed by atoms with Crippen molar-refractivity contribution in [2.75, 3.05) is 5.32 Å². The average Bonchev–Trinajstić information content (AvgIpc) is 2.41. The van der Waals surface area contributed by atoms with Crippen LogP contribution in [0.2, 0.25) is 0 Å². The number of hydrogen-bond acceptors (Lipinski definition) is 2. The maximum Gasteiger partial charge on any atom is 0.258 e. The molecule has 0 saturated heterocycles. The molecule has 0 saturated carbocycles. The molecule has 0 heterocycles. The van der Waals surface area contributed by atoms with Crippen LogP contribution in [-0.2, 0) is 6.54 Å². The maximum absolute atomic E-state index is 13.6. The minimum Gasteiger partial charge on any atom is -0.326 e. The highest BCUT2D eigenvalue weighted by atomic mass is 79.9. The number of nitrogens with two attached hydrogens (primary N) is 1. The summed E-state index contributed by atoms with van der Waals surface area (Å²) in [5.74, 6) is -1.05. The Bertz CT molecular complexity index is 616. The Kier molecular flexibility index (Phi) is 4.29. The second kappa shape index (κ2) is 5.95. The van der Waals surface area contributed by atoms with E-state index in [4.69, 9.17) is 5.73 Å². The second-order valence-corrected chi connectivity index (χ2v) is 4.90. The fourth-order valence-corrected chi connectivity index (χ4v) is 2.01. The lowest BCUT2D eigenvalue weighted by Gasteiger charge is -2.07. The van der Waals surface area contributed by atoms with Gasteiger partial charge in [0.15, 0.2) is 0 Å². The summed E-state index contributed by atoms with van der Waals surface area (Å²) in [4.78, 5) is 12.0. The van der Waals surface area contributed by atoms with E-state index in [0.717, 1.165) is 5.56 Å². The van der Waals surface area contributed by atoms with Gasteiger partial charge in [-0.15, -0.1) is 0 Å². The van der Waals surface area contributed by atoms with E-state index >= 15 is 0 Å². The van der Waals surface area contributed by atoms with Crippen LogP contribution < -0.4 is 11.1 Å². The predicted molar refractivity (Wildman–Crippen MR) is 76.4 cm³/mol. The first kappa shape index (κ1) is 13.7. The minimum absolute atomic E-state index is 0.00692. The van der Waals surface area contributed by atoms with Crippen molar-refractivity contribution in [2.45, 2.75) is 6.54 Å². The van der Waals surface area contributed by atoms with Crippen molar-refractivity contribution in [3.63, 3.8) is 0 Å². The topological polar surface area (TPSA) is 55.1 Å². The fraction of sp³-hybridized carbons (Fsp3) is 0.0714. The molecule has 0 aliphatic rings. The third-order valence-electron chi connectivity index (χ3n) is 2.59. The summed E-state index contributed by atoms with van der Waals surface area (Å²) < 4.78 is 14.2. The molecular weight excluding hydrogens is 311 g/mol. The molecule has 98 valence electrons. The lowest BCUT2D eigenvalue weighted by atomic mass is 10.1. The molecule has 3 N–H and O–H groups in total. The van der Waals surface area contributed by atoms with Crippen LogP contribution in [0.5, 0.6) is 0 Å². The zero-order valence-corrected chi connectivity index (χ0v) is 11.6. The van der Waals surface area contributed by atoms with Crippen molar-refractivity contribution < 1.29 is 9.18 Å². The molecular formula is C14H12BrFN2O. The number of anilines is 1. The van der Waals surface area contributed by atoms with Crippen molar-refractivity contribution in [2.24, 2.45) is 5.73 Å². The van der Waals surface area contributed by atoms with E-state index in [1.807, 2.05) is 6.07 Å². The molecule has 2 aromatic rings. The summed E-state index contributed by atoms with van der Waals surface area (Å²) in [5, 5.41) is 2.65. The van der Waals surface area contributed by atoms with Gasteiger partial charge >= 0.3 is 0 Å². The highest BCUT2D eigenvalue weighted by Crippen LogP contribution is 2.18. The quantitative estimate of drug-likeness (QED) is 0.911. The summed E-state index contributed by atoms with van der Waals surface area (Å²) in [5.41, 5.74) is 7.00. The van der Waals surface area contributed by atoms with Crippen LogP contribution in [0.4, 0.5) is 10.1 Å². The number of halogens is 2. The number of rotatable bonds is 3. The van der Waals surface area contributed by atoms with Crippen LogP contribution in [0.25, 0.3) is 0 Å². The predicted octanol–water partition coefficient (Wildman–Crippen LogP) is 3.30. The molecule has 0 unspecified atom stereocenters. The first-order chi connectivity index (χ1) is 9.10. The van der Waals surface area contributed by atoms with Gasteiger partial charge in [0.1, 0.15) is 5.82 Å². The van der Waals surface area contributed by atoms with Crippen LogP contribution in [0.3, 0.4) is 0 Å². The zero-order chi connectivity index (χ0) is 13.8. The largest absolute Gasteiger partial charge is 0.326 e. The Morgan fingerprint density at radius 3 is 2.79 bits per heavy atom. The molecule has 1 amide bonds. The lowest BCUT2D eigenvalue weighted by molar-refractivity contribution is 0.102. The van der Waals surface area contributed by atoms with E-state index in [1.165, 1.54) is 12.1 Å². The molecule has 0 fully saturated rings. The van der Waals surface area contributed by atoms with Crippen molar-refractivity contribution in [3.8, 4) is 0 Å². The van der Waals surface area contributed by atoms with E-state index in [2.05, 4.69) is 21.2 Å². The summed E-state index contributed by atoms with van der Waals surface area (Å²) in [6.07, 6.45) is 0. The molecule has 5 heteroatoms. The van der Waals surface area contributed by atoms with E-state index < -0.39 is 11.7 Å². The SMILES string of the molecule is NCc1cccc(NC(=O)c2cc(Br)ccc2F)c1. The van der Waals surface area contributed by atoms with Crippen molar-refractivity contribution in [1.82, 2.24) is 0 Å². The van der Waals surface area contributed by atoms with E-state index in [9.17, 15) is 9.18 Å². The molecule has 2 aromatic carbocycles. The van der Waals surface area contributed by atoms with Gasteiger partial charge in [0.2, 0.25) is 0 Å². The van der Waals surface area contributed by atoms with Gasteiger partial charge in [0.25, 0.3) is 5.91 Å². The van der Waals surface area contributed by atoms with Crippen molar-refractivity contribution >= 4 is 27.5 Å². The molecule has 0 radical (unpaired) electrons. The first-order valence-corrected chi connectivity index (χ1v) is 6.45. The van der Waals surface area contributed by atoms with Crippen molar-refractivity contribution in [3.05, 3.63) is 63.9 Å². The molecule has 19 heavy (non-hydrogen) atoms. The Hall–Kier alpha value is -1.72. The first-order valence-electron chi connectivity index (χ1n) is 5.65. The van der Waals surface area contributed by atoms with Gasteiger partial charge in [-0.1, -0.05) is 28.1 Å². The van der Waals surface area contributed by atoms with Crippen LogP contribution in [0, 0.1) is 5.82 Å². The Labute approximate surface area is 118 Å². The molecule has 0 aliphatic carbocycles. The molecule has 0 spiro atoms. The van der Waals surface area contributed by atoms with Crippen LogP contribution in [0.1, 0.15) is 15.9 Å². The van der Waals surface area contributed by atoms with Gasteiger partial charge in [0.05, 0.1) is 5.56 Å². The summed E-state index contributed by atoms with van der Waals surface area (Å²) in [6, 6.07) is 11.4. The molecule has 3 nitrogen and oxygen atoms in total. The number of carbonyl (C=O) groups excluding carboxylic acids is 1. The van der Waals surface area contributed by atoms with E-state index in [0.29, 0.717) is 16.7 Å². The van der Waals surface area contributed by atoms with Gasteiger partial charge in [-0.2, -0.15) is 0 Å². The van der Waals surface area contributed by atoms with E-state index in [1.54, 1.807) is 24.3 Å². The number of nitrogens with one attached hydrogen (secondary N) is 1. The Morgan fingerprint density at radius 2 is 2.05 bits per heavy atom. The van der Waals surface area contributed by atoms with Crippen LogP contribution in [-0.4, -0.2) is 5.91 Å². The normalized spacial score (nSPS) is 10.3. The summed E-state index contributed by atoms with van der Waals surface area (Å²) in [7, 11) is 0. The molecule has 0 aromatic heterocycles. The molecule has 0 bridgehead atoms. The minimum atomic E-state index is -0.560. The standard InChI is InChI=1S/C14H12BrFN2O/c15-10-4-5-13(16)12(7-10)14(19)18-11-3-1-2-9(6-11)8-17/h1-7H,8,17H2,(H,18,19). The summed E-state index contributed by atoms with van der Waals surface area (Å²) in [6.45, 7) is 0.384. The second-order valence-electron chi connectivity index (χ2n) is 3.98. The smallest absolute Gasteiger partial charge is 0.258 e. The highest BCUT2D eigenvalue weighted by Gasteiger charge is 2.12. The van der Waals surface area contributed by atoms with Crippen LogP contribution in [0.15, 0.2) is 46.9 Å². The molecule has 0 aliphatic heterocycles. The molecule has 2 rings (SSSR count).